The summed E-state index contributed by atoms with van der Waals surface area (Å²) >= 11 is 0. The molecule has 0 radical (unpaired) electrons. The van der Waals surface area contributed by atoms with Crippen LogP contribution in [0.3, 0.4) is 0 Å². The first-order valence-corrected chi connectivity index (χ1v) is 5.50. The van der Waals surface area contributed by atoms with Gasteiger partial charge in [-0.1, -0.05) is 18.2 Å². The average Bonchev–Trinajstić information content (AvgIpc) is 2.36. The van der Waals surface area contributed by atoms with Crippen LogP contribution in [0.2, 0.25) is 0 Å². The minimum atomic E-state index is 1.02. The van der Waals surface area contributed by atoms with E-state index in [2.05, 4.69) is 27.4 Å². The Balaban J connectivity index is 2.30. The lowest BCUT2D eigenvalue weighted by Gasteiger charge is -2.01. The number of pyridine rings is 1. The summed E-state index contributed by atoms with van der Waals surface area (Å²) in [5.74, 6) is 0. The predicted octanol–water partition coefficient (Wildman–Crippen LogP) is 2.84. The predicted molar refractivity (Wildman–Crippen MR) is 72.9 cm³/mol. The van der Waals surface area contributed by atoms with Gasteiger partial charge in [-0.3, -0.25) is 9.98 Å². The monoisotopic (exact) mass is 225 g/mol. The number of allylic oxidation sites excluding steroid dienone is 1. The summed E-state index contributed by atoms with van der Waals surface area (Å²) in [6, 6.07) is 10.2. The highest BCUT2D eigenvalue weighted by Gasteiger charge is 1.95. The lowest BCUT2D eigenvalue weighted by molar-refractivity contribution is 1.15. The second kappa shape index (κ2) is 5.25. The topological polar surface area (TPSA) is 37.3 Å². The van der Waals surface area contributed by atoms with Gasteiger partial charge in [0.1, 0.15) is 0 Å². The maximum atomic E-state index is 4.41. The summed E-state index contributed by atoms with van der Waals surface area (Å²) in [5.41, 5.74) is 3.14. The molecule has 0 saturated carbocycles. The van der Waals surface area contributed by atoms with Gasteiger partial charge in [-0.15, -0.1) is 0 Å². The van der Waals surface area contributed by atoms with E-state index in [0.717, 1.165) is 22.2 Å². The van der Waals surface area contributed by atoms with Gasteiger partial charge >= 0.3 is 0 Å². The van der Waals surface area contributed by atoms with Gasteiger partial charge < -0.3 is 5.32 Å². The van der Waals surface area contributed by atoms with Crippen LogP contribution < -0.4 is 5.32 Å². The number of benzene rings is 1. The van der Waals surface area contributed by atoms with Crippen LogP contribution in [0.5, 0.6) is 0 Å². The maximum Gasteiger partial charge on any atom is 0.0861 e. The van der Waals surface area contributed by atoms with Crippen LogP contribution in [-0.2, 0) is 0 Å². The van der Waals surface area contributed by atoms with E-state index >= 15 is 0 Å². The number of nitrogens with zero attached hydrogens (tertiary/aromatic N) is 2. The zero-order valence-corrected chi connectivity index (χ0v) is 10.0. The molecule has 0 amide bonds. The third-order valence-electron chi connectivity index (χ3n) is 2.42. The van der Waals surface area contributed by atoms with Gasteiger partial charge in [-0.25, -0.2) is 0 Å². The highest BCUT2D eigenvalue weighted by Crippen LogP contribution is 2.14. The number of nitrogens with one attached hydrogen (secondary N) is 1. The van der Waals surface area contributed by atoms with Crippen LogP contribution in [0.4, 0.5) is 0 Å². The quantitative estimate of drug-likeness (QED) is 0.644. The molecule has 0 atom stereocenters. The van der Waals surface area contributed by atoms with Crippen LogP contribution in [-0.4, -0.2) is 18.4 Å². The van der Waals surface area contributed by atoms with E-state index in [9.17, 15) is 0 Å². The fourth-order valence-electron chi connectivity index (χ4n) is 1.63. The summed E-state index contributed by atoms with van der Waals surface area (Å²) in [6.45, 7) is 2.00. The van der Waals surface area contributed by atoms with Gasteiger partial charge in [0, 0.05) is 24.3 Å². The molecule has 0 unspecified atom stereocenters. The Hall–Kier alpha value is -2.16. The molecule has 0 aliphatic rings. The lowest BCUT2D eigenvalue weighted by Crippen LogP contribution is -2.06. The van der Waals surface area contributed by atoms with Gasteiger partial charge in [0.15, 0.2) is 0 Å². The van der Waals surface area contributed by atoms with Crippen molar-refractivity contribution in [1.82, 2.24) is 10.3 Å². The molecule has 1 N–H and O–H groups in total. The van der Waals surface area contributed by atoms with Gasteiger partial charge in [0.2, 0.25) is 0 Å². The second-order valence-electron chi connectivity index (χ2n) is 3.82. The molecule has 0 bridgehead atoms. The first-order valence-electron chi connectivity index (χ1n) is 5.50. The Kier molecular flexibility index (Phi) is 3.50. The Labute approximate surface area is 101 Å². The molecule has 0 aliphatic heterocycles. The van der Waals surface area contributed by atoms with Crippen LogP contribution in [0, 0.1) is 0 Å². The van der Waals surface area contributed by atoms with Crippen molar-refractivity contribution in [2.24, 2.45) is 4.99 Å². The Morgan fingerprint density at radius 2 is 2.18 bits per heavy atom. The molecule has 0 saturated heterocycles. The minimum Gasteiger partial charge on any atom is -0.350 e. The third-order valence-corrected chi connectivity index (χ3v) is 2.42. The molecule has 86 valence electrons. The van der Waals surface area contributed by atoms with E-state index < -0.39 is 0 Å². The molecule has 0 aliphatic carbocycles. The van der Waals surface area contributed by atoms with Crippen LogP contribution in [0.15, 0.2) is 47.2 Å². The lowest BCUT2D eigenvalue weighted by atomic mass is 10.1. The van der Waals surface area contributed by atoms with E-state index in [-0.39, 0.29) is 0 Å². The molecule has 3 nitrogen and oxygen atoms in total. The van der Waals surface area contributed by atoms with Crippen molar-refractivity contribution in [3.63, 3.8) is 0 Å². The van der Waals surface area contributed by atoms with Gasteiger partial charge in [-0.05, 0) is 30.7 Å². The van der Waals surface area contributed by atoms with Crippen molar-refractivity contribution < 1.29 is 0 Å². The van der Waals surface area contributed by atoms with Crippen LogP contribution in [0.1, 0.15) is 12.5 Å². The molecule has 3 heteroatoms. The first kappa shape index (κ1) is 11.3. The summed E-state index contributed by atoms with van der Waals surface area (Å²) in [6.07, 6.45) is 5.58. The number of fused-ring (bicyclic) bond motifs is 1. The number of hydrogen-bond acceptors (Lipinski definition) is 2. The molecule has 0 spiro atoms. The standard InChI is InChI=1S/C14H15N3/c1-11(17-10-15-2)7-12-8-13-5-3-4-6-14(13)16-9-12/h3-10H,1-2H3,(H,15,17)/b11-7-. The fourth-order valence-corrected chi connectivity index (χ4v) is 1.63. The molecule has 2 aromatic rings. The zero-order valence-electron chi connectivity index (χ0n) is 10.0. The Bertz CT molecular complexity index is 570. The van der Waals surface area contributed by atoms with Crippen molar-refractivity contribution in [3.8, 4) is 0 Å². The highest BCUT2D eigenvalue weighted by molar-refractivity contribution is 5.80. The number of aliphatic imine (C=N–C) groups is 1. The van der Waals surface area contributed by atoms with E-state index in [1.54, 1.807) is 13.4 Å². The first-order chi connectivity index (χ1) is 8.29. The number of rotatable bonds is 3. The normalized spacial score (nSPS) is 12.2. The average molecular weight is 225 g/mol. The largest absolute Gasteiger partial charge is 0.350 e. The molecule has 1 heterocycles. The van der Waals surface area contributed by atoms with Crippen LogP contribution in [0.25, 0.3) is 17.0 Å². The summed E-state index contributed by atoms with van der Waals surface area (Å²) in [5, 5.41) is 4.22. The van der Waals surface area contributed by atoms with Gasteiger partial charge in [0.05, 0.1) is 11.9 Å². The SMILES string of the molecule is CN=CN/C(C)=C\c1cnc2ccccc2c1. The smallest absolute Gasteiger partial charge is 0.0861 e. The number of aromatic nitrogens is 1. The molecular formula is C14H15N3. The third kappa shape index (κ3) is 2.91. The second-order valence-corrected chi connectivity index (χ2v) is 3.82. The van der Waals surface area contributed by atoms with E-state index in [4.69, 9.17) is 0 Å². The fraction of sp³-hybridized carbons (Fsp3) is 0.143. The summed E-state index contributed by atoms with van der Waals surface area (Å²) < 4.78 is 0. The van der Waals surface area contributed by atoms with Gasteiger partial charge in [0.25, 0.3) is 0 Å². The molecular weight excluding hydrogens is 210 g/mol. The van der Waals surface area contributed by atoms with E-state index in [0.29, 0.717) is 0 Å². The summed E-state index contributed by atoms with van der Waals surface area (Å²) in [7, 11) is 1.73. The number of hydrogen-bond donors (Lipinski definition) is 1. The zero-order chi connectivity index (χ0) is 12.1. The molecule has 0 fully saturated rings. The number of para-hydroxylation sites is 1. The van der Waals surface area contributed by atoms with Crippen molar-refractivity contribution in [1.29, 1.82) is 0 Å². The molecule has 2 rings (SSSR count). The maximum absolute atomic E-state index is 4.41. The Morgan fingerprint density at radius 1 is 1.35 bits per heavy atom. The molecule has 17 heavy (non-hydrogen) atoms. The highest BCUT2D eigenvalue weighted by atomic mass is 14.9. The van der Waals surface area contributed by atoms with E-state index in [1.165, 1.54) is 0 Å². The molecule has 1 aromatic carbocycles. The van der Waals surface area contributed by atoms with Crippen molar-refractivity contribution in [2.45, 2.75) is 6.92 Å². The minimum absolute atomic E-state index is 1.02. The van der Waals surface area contributed by atoms with Crippen molar-refractivity contribution >= 4 is 23.3 Å². The Morgan fingerprint density at radius 3 is 3.00 bits per heavy atom. The van der Waals surface area contributed by atoms with Gasteiger partial charge in [-0.2, -0.15) is 0 Å². The van der Waals surface area contributed by atoms with Crippen molar-refractivity contribution in [2.75, 3.05) is 7.05 Å². The van der Waals surface area contributed by atoms with E-state index in [1.807, 2.05) is 37.4 Å². The summed E-state index contributed by atoms with van der Waals surface area (Å²) in [4.78, 5) is 8.28. The van der Waals surface area contributed by atoms with Crippen molar-refractivity contribution in [3.05, 3.63) is 47.8 Å². The van der Waals surface area contributed by atoms with Crippen LogP contribution >= 0.6 is 0 Å². The molecule has 1 aromatic heterocycles.